The van der Waals surface area contributed by atoms with Crippen LogP contribution in [0.2, 0.25) is 5.02 Å². The van der Waals surface area contributed by atoms with Gasteiger partial charge in [-0.3, -0.25) is 0 Å². The van der Waals surface area contributed by atoms with Crippen molar-refractivity contribution in [2.45, 2.75) is 6.04 Å². The lowest BCUT2D eigenvalue weighted by Gasteiger charge is -2.13. The molecule has 2 nitrogen and oxygen atoms in total. The summed E-state index contributed by atoms with van der Waals surface area (Å²) < 4.78 is 26.0. The lowest BCUT2D eigenvalue weighted by atomic mass is 10.1. The van der Waals surface area contributed by atoms with Gasteiger partial charge >= 0.3 is 0 Å². The molecule has 0 aliphatic heterocycles. The minimum atomic E-state index is -0.824. The van der Waals surface area contributed by atoms with Gasteiger partial charge in [-0.2, -0.15) is 0 Å². The third kappa shape index (κ3) is 2.20. The van der Waals surface area contributed by atoms with Crippen molar-refractivity contribution in [3.05, 3.63) is 34.4 Å². The topological polar surface area (TPSA) is 32.3 Å². The first kappa shape index (κ1) is 11.4. The van der Waals surface area contributed by atoms with E-state index in [9.17, 15) is 8.78 Å². The highest BCUT2D eigenvalue weighted by Gasteiger charge is 2.14. The van der Waals surface area contributed by atoms with E-state index in [4.69, 9.17) is 16.7 Å². The van der Waals surface area contributed by atoms with Crippen LogP contribution in [0.15, 0.2) is 12.1 Å². The first-order valence-corrected chi connectivity index (χ1v) is 4.40. The second-order valence-electron chi connectivity index (χ2n) is 2.82. The van der Waals surface area contributed by atoms with Crippen LogP contribution in [0.5, 0.6) is 0 Å². The molecule has 0 spiro atoms. The van der Waals surface area contributed by atoms with Crippen LogP contribution >= 0.6 is 11.6 Å². The summed E-state index contributed by atoms with van der Waals surface area (Å²) in [7, 11) is 1.59. The van der Waals surface area contributed by atoms with Crippen molar-refractivity contribution in [2.24, 2.45) is 0 Å². The highest BCUT2D eigenvalue weighted by atomic mass is 35.5. The van der Waals surface area contributed by atoms with E-state index in [0.29, 0.717) is 5.56 Å². The Bertz CT molecular complexity index is 306. The summed E-state index contributed by atoms with van der Waals surface area (Å²) in [6.45, 7) is -0.239. The predicted molar refractivity (Wildman–Crippen MR) is 50.3 cm³/mol. The number of halogens is 3. The zero-order valence-corrected chi connectivity index (χ0v) is 8.28. The number of hydrogen-bond donors (Lipinski definition) is 2. The molecule has 2 N–H and O–H groups in total. The van der Waals surface area contributed by atoms with E-state index >= 15 is 0 Å². The van der Waals surface area contributed by atoms with Crippen molar-refractivity contribution in [2.75, 3.05) is 13.7 Å². The molecule has 0 radical (unpaired) electrons. The monoisotopic (exact) mass is 221 g/mol. The maximum Gasteiger partial charge on any atom is 0.145 e. The summed E-state index contributed by atoms with van der Waals surface area (Å²) in [5, 5.41) is 11.1. The van der Waals surface area contributed by atoms with Gasteiger partial charge in [0.2, 0.25) is 0 Å². The second-order valence-corrected chi connectivity index (χ2v) is 3.20. The van der Waals surface area contributed by atoms with E-state index in [1.807, 2.05) is 0 Å². The molecule has 14 heavy (non-hydrogen) atoms. The Balaban J connectivity index is 3.11. The average molecular weight is 222 g/mol. The molecule has 1 rings (SSSR count). The van der Waals surface area contributed by atoms with Crippen LogP contribution < -0.4 is 5.32 Å². The summed E-state index contributed by atoms with van der Waals surface area (Å²) in [5.41, 5.74) is 0.328. The fourth-order valence-electron chi connectivity index (χ4n) is 1.14. The highest BCUT2D eigenvalue weighted by Crippen LogP contribution is 2.23. The Morgan fingerprint density at radius 1 is 1.43 bits per heavy atom. The number of rotatable bonds is 3. The smallest absolute Gasteiger partial charge is 0.145 e. The molecule has 0 aliphatic rings. The zero-order valence-electron chi connectivity index (χ0n) is 7.52. The van der Waals surface area contributed by atoms with E-state index in [-0.39, 0.29) is 6.61 Å². The molecule has 1 unspecified atom stereocenters. The van der Waals surface area contributed by atoms with E-state index in [0.717, 1.165) is 12.1 Å². The Hall–Kier alpha value is -0.710. The highest BCUT2D eigenvalue weighted by molar-refractivity contribution is 6.30. The molecular formula is C9H10ClF2NO. The molecule has 1 aromatic carbocycles. The number of aliphatic hydroxyl groups is 1. The second kappa shape index (κ2) is 4.68. The molecule has 0 amide bonds. The van der Waals surface area contributed by atoms with Crippen molar-refractivity contribution >= 4 is 11.6 Å². The van der Waals surface area contributed by atoms with Crippen LogP contribution in [-0.2, 0) is 0 Å². The van der Waals surface area contributed by atoms with E-state index in [1.165, 1.54) is 0 Å². The standard InChI is InChI=1S/C9H10ClF2NO/c1-13-8(4-14)5-2-6(11)9(10)7(12)3-5/h2-3,8,13-14H,4H2,1H3. The minimum absolute atomic E-state index is 0.239. The number of nitrogens with one attached hydrogen (secondary N) is 1. The van der Waals surface area contributed by atoms with Crippen molar-refractivity contribution in [3.63, 3.8) is 0 Å². The van der Waals surface area contributed by atoms with Crippen LogP contribution in [0.25, 0.3) is 0 Å². The van der Waals surface area contributed by atoms with Crippen molar-refractivity contribution in [1.82, 2.24) is 5.32 Å². The van der Waals surface area contributed by atoms with Gasteiger partial charge in [0.05, 0.1) is 12.6 Å². The lowest BCUT2D eigenvalue weighted by Crippen LogP contribution is -2.20. The summed E-state index contributed by atoms with van der Waals surface area (Å²) in [6.07, 6.45) is 0. The summed E-state index contributed by atoms with van der Waals surface area (Å²) in [5.74, 6) is -1.65. The fourth-order valence-corrected chi connectivity index (χ4v) is 1.25. The third-order valence-electron chi connectivity index (χ3n) is 1.94. The van der Waals surface area contributed by atoms with Gasteiger partial charge in [-0.1, -0.05) is 11.6 Å². The zero-order chi connectivity index (χ0) is 10.7. The number of aliphatic hydroxyl groups excluding tert-OH is 1. The normalized spacial score (nSPS) is 12.9. The van der Waals surface area contributed by atoms with Crippen LogP contribution in [0.3, 0.4) is 0 Å². The van der Waals surface area contributed by atoms with Crippen molar-refractivity contribution < 1.29 is 13.9 Å². The molecular weight excluding hydrogens is 212 g/mol. The molecule has 5 heteroatoms. The van der Waals surface area contributed by atoms with Crippen LogP contribution in [0.4, 0.5) is 8.78 Å². The molecule has 0 bridgehead atoms. The van der Waals surface area contributed by atoms with Gasteiger partial charge in [-0.15, -0.1) is 0 Å². The SMILES string of the molecule is CNC(CO)c1cc(F)c(Cl)c(F)c1. The minimum Gasteiger partial charge on any atom is -0.394 e. The largest absolute Gasteiger partial charge is 0.394 e. The molecule has 1 aromatic rings. The number of likely N-dealkylation sites (N-methyl/N-ethyl adjacent to an activating group) is 1. The number of hydrogen-bond acceptors (Lipinski definition) is 2. The van der Waals surface area contributed by atoms with Gasteiger partial charge in [0.25, 0.3) is 0 Å². The van der Waals surface area contributed by atoms with Gasteiger partial charge in [0.15, 0.2) is 0 Å². The maximum absolute atomic E-state index is 13.0. The lowest BCUT2D eigenvalue weighted by molar-refractivity contribution is 0.250. The molecule has 0 heterocycles. The Kier molecular flexibility index (Phi) is 3.80. The van der Waals surface area contributed by atoms with Crippen molar-refractivity contribution in [1.29, 1.82) is 0 Å². The quantitative estimate of drug-likeness (QED) is 0.764. The van der Waals surface area contributed by atoms with Gasteiger partial charge in [-0.25, -0.2) is 8.78 Å². The Labute approximate surface area is 85.5 Å². The van der Waals surface area contributed by atoms with E-state index in [2.05, 4.69) is 5.32 Å². The molecule has 0 aliphatic carbocycles. The van der Waals surface area contributed by atoms with Gasteiger partial charge in [0.1, 0.15) is 16.7 Å². The first-order valence-electron chi connectivity index (χ1n) is 4.02. The summed E-state index contributed by atoms with van der Waals surface area (Å²) in [4.78, 5) is 0. The Morgan fingerprint density at radius 3 is 2.29 bits per heavy atom. The maximum atomic E-state index is 13.0. The summed E-state index contributed by atoms with van der Waals surface area (Å²) >= 11 is 5.31. The molecule has 0 saturated carbocycles. The fraction of sp³-hybridized carbons (Fsp3) is 0.333. The molecule has 1 atom stereocenters. The molecule has 0 saturated heterocycles. The summed E-state index contributed by atoms with van der Waals surface area (Å²) in [6, 6.07) is 1.71. The molecule has 0 fully saturated rings. The molecule has 78 valence electrons. The molecule has 0 aromatic heterocycles. The van der Waals surface area contributed by atoms with Gasteiger partial charge in [-0.05, 0) is 24.7 Å². The van der Waals surface area contributed by atoms with Crippen LogP contribution in [0, 0.1) is 11.6 Å². The first-order chi connectivity index (χ1) is 6.60. The van der Waals surface area contributed by atoms with Crippen molar-refractivity contribution in [3.8, 4) is 0 Å². The van der Waals surface area contributed by atoms with Crippen LogP contribution in [0.1, 0.15) is 11.6 Å². The van der Waals surface area contributed by atoms with Gasteiger partial charge < -0.3 is 10.4 Å². The van der Waals surface area contributed by atoms with E-state index < -0.39 is 22.7 Å². The third-order valence-corrected chi connectivity index (χ3v) is 2.30. The van der Waals surface area contributed by atoms with Crippen LogP contribution in [-0.4, -0.2) is 18.8 Å². The van der Waals surface area contributed by atoms with Gasteiger partial charge in [0, 0.05) is 0 Å². The van der Waals surface area contributed by atoms with E-state index in [1.54, 1.807) is 7.05 Å². The Morgan fingerprint density at radius 2 is 1.93 bits per heavy atom. The number of benzene rings is 1. The average Bonchev–Trinajstić information content (AvgIpc) is 2.16. The predicted octanol–water partition coefficient (Wildman–Crippen LogP) is 1.87.